The van der Waals surface area contributed by atoms with Crippen LogP contribution in [0.15, 0.2) is 60.3 Å². The second-order valence-electron chi connectivity index (χ2n) is 8.75. The van der Waals surface area contributed by atoms with Gasteiger partial charge >= 0.3 is 0 Å². The largest absolute Gasteiger partial charge is 0.325 e. The van der Waals surface area contributed by atoms with Gasteiger partial charge in [-0.15, -0.1) is 16.8 Å². The molecule has 0 aliphatic carbocycles. The maximum atomic E-state index is 12.5. The number of thioether (sulfide) groups is 1. The molecular formula is C25H30N4OS. The molecule has 0 unspecified atom stereocenters. The molecule has 5 nitrogen and oxygen atoms in total. The molecule has 1 heterocycles. The van der Waals surface area contributed by atoms with Crippen molar-refractivity contribution in [1.82, 2.24) is 14.8 Å². The topological polar surface area (TPSA) is 59.8 Å². The van der Waals surface area contributed by atoms with Gasteiger partial charge in [0.15, 0.2) is 11.0 Å². The molecule has 0 radical (unpaired) electrons. The second-order valence-corrected chi connectivity index (χ2v) is 9.69. The summed E-state index contributed by atoms with van der Waals surface area (Å²) in [6, 6.07) is 14.4. The van der Waals surface area contributed by atoms with Crippen molar-refractivity contribution in [2.75, 3.05) is 11.1 Å². The Hall–Kier alpha value is -2.86. The van der Waals surface area contributed by atoms with Gasteiger partial charge in [-0.25, -0.2) is 0 Å². The number of nitrogens with one attached hydrogen (secondary N) is 1. The molecule has 3 aromatic rings. The number of aryl methyl sites for hydroxylation is 2. The van der Waals surface area contributed by atoms with Gasteiger partial charge in [-0.1, -0.05) is 68.9 Å². The lowest BCUT2D eigenvalue weighted by Crippen LogP contribution is -2.15. The van der Waals surface area contributed by atoms with E-state index in [1.54, 1.807) is 0 Å². The van der Waals surface area contributed by atoms with Crippen LogP contribution in [0.3, 0.4) is 0 Å². The number of amides is 1. The van der Waals surface area contributed by atoms with Crippen LogP contribution in [-0.2, 0) is 16.8 Å². The SMILES string of the molecule is C=CCn1c(SCC(=O)Nc2cc(C)cc(C)c2)nnc1-c1ccc(C(C)(C)C)cc1. The minimum Gasteiger partial charge on any atom is -0.325 e. The number of hydrogen-bond donors (Lipinski definition) is 1. The molecule has 1 aromatic heterocycles. The van der Waals surface area contributed by atoms with Gasteiger partial charge in [0.1, 0.15) is 0 Å². The monoisotopic (exact) mass is 434 g/mol. The molecule has 0 saturated heterocycles. The van der Waals surface area contributed by atoms with E-state index in [0.29, 0.717) is 11.7 Å². The number of allylic oxidation sites excluding steroid dienone is 1. The molecule has 31 heavy (non-hydrogen) atoms. The molecule has 2 aromatic carbocycles. The summed E-state index contributed by atoms with van der Waals surface area (Å²) >= 11 is 1.38. The van der Waals surface area contributed by atoms with Crippen LogP contribution in [0, 0.1) is 13.8 Å². The summed E-state index contributed by atoms with van der Waals surface area (Å²) < 4.78 is 1.99. The quantitative estimate of drug-likeness (QED) is 0.378. The van der Waals surface area contributed by atoms with Crippen molar-refractivity contribution in [2.24, 2.45) is 0 Å². The van der Waals surface area contributed by atoms with Crippen LogP contribution in [-0.4, -0.2) is 26.4 Å². The van der Waals surface area contributed by atoms with Gasteiger partial charge in [-0.05, 0) is 48.1 Å². The normalized spacial score (nSPS) is 11.4. The van der Waals surface area contributed by atoms with Crippen molar-refractivity contribution >= 4 is 23.4 Å². The average molecular weight is 435 g/mol. The highest BCUT2D eigenvalue weighted by Gasteiger charge is 2.17. The molecule has 0 aliphatic heterocycles. The summed E-state index contributed by atoms with van der Waals surface area (Å²) in [5, 5.41) is 12.4. The minimum atomic E-state index is -0.0702. The number of carbonyl (C=O) groups excluding carboxylic acids is 1. The standard InChI is InChI=1S/C25H30N4OS/c1-7-12-29-23(19-8-10-20(11-9-19)25(4,5)6)27-28-24(29)31-16-22(30)26-21-14-17(2)13-18(3)15-21/h7-11,13-15H,1,12,16H2,2-6H3,(H,26,30). The van der Waals surface area contributed by atoms with E-state index in [-0.39, 0.29) is 17.1 Å². The Morgan fingerprint density at radius 1 is 1.10 bits per heavy atom. The van der Waals surface area contributed by atoms with Crippen molar-refractivity contribution in [1.29, 1.82) is 0 Å². The molecule has 3 rings (SSSR count). The first kappa shape index (κ1) is 22.8. The molecule has 0 aliphatic rings. The summed E-state index contributed by atoms with van der Waals surface area (Å²) in [5.74, 6) is 0.961. The molecule has 0 saturated carbocycles. The lowest BCUT2D eigenvalue weighted by molar-refractivity contribution is -0.113. The van der Waals surface area contributed by atoms with Gasteiger partial charge in [0.2, 0.25) is 5.91 Å². The van der Waals surface area contributed by atoms with Crippen LogP contribution in [0.1, 0.15) is 37.5 Å². The predicted octanol–water partition coefficient (Wildman–Crippen LogP) is 5.78. The first-order chi connectivity index (χ1) is 14.7. The van der Waals surface area contributed by atoms with Crippen LogP contribution in [0.25, 0.3) is 11.4 Å². The predicted molar refractivity (Wildman–Crippen MR) is 130 cm³/mol. The summed E-state index contributed by atoms with van der Waals surface area (Å²) in [6.45, 7) is 15.1. The molecular weight excluding hydrogens is 404 g/mol. The molecule has 162 valence electrons. The Labute approximate surface area is 189 Å². The van der Waals surface area contributed by atoms with Crippen molar-refractivity contribution in [2.45, 2.75) is 51.7 Å². The van der Waals surface area contributed by atoms with E-state index in [2.05, 4.69) is 73.2 Å². The van der Waals surface area contributed by atoms with Gasteiger partial charge in [0.25, 0.3) is 0 Å². The van der Waals surface area contributed by atoms with Gasteiger partial charge in [0.05, 0.1) is 5.75 Å². The molecule has 0 bridgehead atoms. The Bertz CT molecular complexity index is 1060. The van der Waals surface area contributed by atoms with Crippen molar-refractivity contribution < 1.29 is 4.79 Å². The Kier molecular flexibility index (Phi) is 7.01. The zero-order valence-electron chi connectivity index (χ0n) is 18.9. The van der Waals surface area contributed by atoms with Crippen molar-refractivity contribution in [3.8, 4) is 11.4 Å². The number of anilines is 1. The molecule has 0 atom stereocenters. The number of rotatable bonds is 7. The van der Waals surface area contributed by atoms with Crippen LogP contribution in [0.5, 0.6) is 0 Å². The summed E-state index contributed by atoms with van der Waals surface area (Å²) in [7, 11) is 0. The van der Waals surface area contributed by atoms with Crippen LogP contribution < -0.4 is 5.32 Å². The van der Waals surface area contributed by atoms with Crippen LogP contribution >= 0.6 is 11.8 Å². The Balaban J connectivity index is 1.74. The molecule has 6 heteroatoms. The third kappa shape index (κ3) is 5.85. The third-order valence-electron chi connectivity index (χ3n) is 4.88. The van der Waals surface area contributed by atoms with E-state index in [9.17, 15) is 4.79 Å². The van der Waals surface area contributed by atoms with Crippen molar-refractivity contribution in [3.05, 3.63) is 71.8 Å². The van der Waals surface area contributed by atoms with E-state index in [0.717, 1.165) is 28.2 Å². The molecule has 0 spiro atoms. The molecule has 0 fully saturated rings. The number of carbonyl (C=O) groups is 1. The number of nitrogens with zero attached hydrogens (tertiary/aromatic N) is 3. The van der Waals surface area contributed by atoms with Gasteiger partial charge < -0.3 is 5.32 Å². The fraction of sp³-hybridized carbons (Fsp3) is 0.320. The van der Waals surface area contributed by atoms with Gasteiger partial charge in [-0.2, -0.15) is 0 Å². The van der Waals surface area contributed by atoms with Crippen LogP contribution in [0.2, 0.25) is 0 Å². The maximum Gasteiger partial charge on any atom is 0.234 e. The lowest BCUT2D eigenvalue weighted by atomic mass is 9.87. The van der Waals surface area contributed by atoms with E-state index in [1.807, 2.05) is 36.6 Å². The van der Waals surface area contributed by atoms with Gasteiger partial charge in [0, 0.05) is 17.8 Å². The molecule has 1 amide bonds. The second kappa shape index (κ2) is 9.52. The number of benzene rings is 2. The minimum absolute atomic E-state index is 0.0702. The van der Waals surface area contributed by atoms with E-state index >= 15 is 0 Å². The molecule has 1 N–H and O–H groups in total. The van der Waals surface area contributed by atoms with Crippen LogP contribution in [0.4, 0.5) is 5.69 Å². The fourth-order valence-corrected chi connectivity index (χ4v) is 4.14. The first-order valence-corrected chi connectivity index (χ1v) is 11.3. The maximum absolute atomic E-state index is 12.5. The zero-order chi connectivity index (χ0) is 22.6. The van der Waals surface area contributed by atoms with Gasteiger partial charge in [-0.3, -0.25) is 9.36 Å². The fourth-order valence-electron chi connectivity index (χ4n) is 3.40. The highest BCUT2D eigenvalue weighted by atomic mass is 32.2. The van der Waals surface area contributed by atoms with E-state index in [4.69, 9.17) is 0 Å². The zero-order valence-corrected chi connectivity index (χ0v) is 19.7. The third-order valence-corrected chi connectivity index (χ3v) is 5.84. The number of hydrogen-bond acceptors (Lipinski definition) is 4. The average Bonchev–Trinajstić information content (AvgIpc) is 3.08. The first-order valence-electron chi connectivity index (χ1n) is 10.3. The highest BCUT2D eigenvalue weighted by Crippen LogP contribution is 2.28. The smallest absolute Gasteiger partial charge is 0.234 e. The van der Waals surface area contributed by atoms with Crippen molar-refractivity contribution in [3.63, 3.8) is 0 Å². The summed E-state index contributed by atoms with van der Waals surface area (Å²) in [5.41, 5.74) is 5.41. The van der Waals surface area contributed by atoms with E-state index < -0.39 is 0 Å². The van der Waals surface area contributed by atoms with E-state index in [1.165, 1.54) is 17.3 Å². The Morgan fingerprint density at radius 2 is 1.74 bits per heavy atom. The highest BCUT2D eigenvalue weighted by molar-refractivity contribution is 7.99. The Morgan fingerprint density at radius 3 is 2.32 bits per heavy atom. The summed E-state index contributed by atoms with van der Waals surface area (Å²) in [4.78, 5) is 12.5. The summed E-state index contributed by atoms with van der Waals surface area (Å²) in [6.07, 6.45) is 1.82. The lowest BCUT2D eigenvalue weighted by Gasteiger charge is -2.19. The number of aromatic nitrogens is 3.